The van der Waals surface area contributed by atoms with E-state index in [1.165, 1.54) is 11.3 Å². The number of benzene rings is 1. The number of urea groups is 1. The van der Waals surface area contributed by atoms with Gasteiger partial charge in [-0.25, -0.2) is 4.79 Å². The first-order valence-electron chi connectivity index (χ1n) is 8.52. The van der Waals surface area contributed by atoms with Gasteiger partial charge in [0, 0.05) is 19.0 Å². The Kier molecular flexibility index (Phi) is 6.06. The molecule has 25 heavy (non-hydrogen) atoms. The fourth-order valence-electron chi connectivity index (χ4n) is 2.95. The van der Waals surface area contributed by atoms with Crippen LogP contribution in [0.3, 0.4) is 0 Å². The Morgan fingerprint density at radius 3 is 2.80 bits per heavy atom. The van der Waals surface area contributed by atoms with Crippen LogP contribution < -0.4 is 10.1 Å². The fraction of sp³-hybridized carbons (Fsp3) is 0.368. The molecule has 1 aromatic heterocycles. The van der Waals surface area contributed by atoms with Crippen LogP contribution in [0.2, 0.25) is 0 Å². The van der Waals surface area contributed by atoms with Gasteiger partial charge in [-0.05, 0) is 36.4 Å². The van der Waals surface area contributed by atoms with Crippen LogP contribution in [0.1, 0.15) is 22.5 Å². The third-order valence-electron chi connectivity index (χ3n) is 4.23. The molecule has 1 aliphatic heterocycles. The van der Waals surface area contributed by atoms with Crippen molar-refractivity contribution in [3.8, 4) is 5.75 Å². The summed E-state index contributed by atoms with van der Waals surface area (Å²) in [4.78, 5) is 27.3. The van der Waals surface area contributed by atoms with E-state index in [9.17, 15) is 9.59 Å². The molecule has 1 aromatic carbocycles. The second-order valence-corrected chi connectivity index (χ2v) is 6.97. The lowest BCUT2D eigenvalue weighted by molar-refractivity contribution is 0.0849. The van der Waals surface area contributed by atoms with Crippen molar-refractivity contribution >= 4 is 23.2 Å². The maximum Gasteiger partial charge on any atom is 0.317 e. The van der Waals surface area contributed by atoms with Gasteiger partial charge in [0.25, 0.3) is 0 Å². The van der Waals surface area contributed by atoms with Gasteiger partial charge in [0.05, 0.1) is 11.4 Å². The van der Waals surface area contributed by atoms with Crippen LogP contribution in [-0.2, 0) is 0 Å². The van der Waals surface area contributed by atoms with Gasteiger partial charge in [0.15, 0.2) is 5.78 Å². The van der Waals surface area contributed by atoms with E-state index < -0.39 is 0 Å². The minimum atomic E-state index is -0.125. The summed E-state index contributed by atoms with van der Waals surface area (Å²) < 4.78 is 5.57. The third kappa shape index (κ3) is 4.82. The number of nitrogens with one attached hydrogen (secondary N) is 1. The first kappa shape index (κ1) is 17.5. The summed E-state index contributed by atoms with van der Waals surface area (Å²) in [5.41, 5.74) is 0. The highest BCUT2D eigenvalue weighted by molar-refractivity contribution is 7.12. The van der Waals surface area contributed by atoms with Crippen LogP contribution in [0.5, 0.6) is 5.75 Å². The molecule has 1 N–H and O–H groups in total. The van der Waals surface area contributed by atoms with E-state index in [-0.39, 0.29) is 17.7 Å². The number of rotatable bonds is 6. The van der Waals surface area contributed by atoms with Gasteiger partial charge in [-0.3, -0.25) is 4.79 Å². The summed E-state index contributed by atoms with van der Waals surface area (Å²) in [5.74, 6) is 0.843. The molecule has 1 aliphatic rings. The first-order valence-corrected chi connectivity index (χ1v) is 9.40. The molecule has 0 radical (unpaired) electrons. The minimum absolute atomic E-state index is 0.0984. The number of likely N-dealkylation sites (tertiary alicyclic amines) is 1. The van der Waals surface area contributed by atoms with Gasteiger partial charge >= 0.3 is 6.03 Å². The second-order valence-electron chi connectivity index (χ2n) is 6.02. The molecule has 1 saturated heterocycles. The Bertz CT molecular complexity index is 688. The molecule has 2 aromatic rings. The number of carbonyl (C=O) groups excluding carboxylic acids is 2. The molecule has 3 rings (SSSR count). The number of piperidine rings is 1. The molecule has 0 aliphatic carbocycles. The van der Waals surface area contributed by atoms with Crippen molar-refractivity contribution in [2.75, 3.05) is 26.2 Å². The standard InChI is InChI=1S/C19H22N2O3S/c22-18(17-9-5-13-25-17)15-6-4-11-21(14-15)19(23)20-10-12-24-16-7-2-1-3-8-16/h1-3,5,7-9,13,15H,4,6,10-12,14H2,(H,20,23)/t15-/m0/s1. The first-order chi connectivity index (χ1) is 12.2. The molecule has 0 saturated carbocycles. The van der Waals surface area contributed by atoms with Crippen LogP contribution in [0.25, 0.3) is 0 Å². The lowest BCUT2D eigenvalue weighted by Gasteiger charge is -2.31. The van der Waals surface area contributed by atoms with E-state index >= 15 is 0 Å². The summed E-state index contributed by atoms with van der Waals surface area (Å²) in [5, 5.41) is 4.78. The van der Waals surface area contributed by atoms with Crippen molar-refractivity contribution in [3.05, 3.63) is 52.7 Å². The highest BCUT2D eigenvalue weighted by Crippen LogP contribution is 2.23. The molecule has 1 atom stereocenters. The number of para-hydroxylation sites is 1. The van der Waals surface area contributed by atoms with E-state index in [0.29, 0.717) is 26.2 Å². The Morgan fingerprint density at radius 1 is 1.20 bits per heavy atom. The van der Waals surface area contributed by atoms with Crippen LogP contribution in [0.4, 0.5) is 4.79 Å². The van der Waals surface area contributed by atoms with E-state index in [1.807, 2.05) is 47.8 Å². The van der Waals surface area contributed by atoms with Gasteiger partial charge in [0.2, 0.25) is 0 Å². The lowest BCUT2D eigenvalue weighted by Crippen LogP contribution is -2.47. The number of nitrogens with zero attached hydrogens (tertiary/aromatic N) is 1. The molecule has 5 nitrogen and oxygen atoms in total. The number of hydrogen-bond donors (Lipinski definition) is 1. The van der Waals surface area contributed by atoms with Crippen LogP contribution in [0.15, 0.2) is 47.8 Å². The zero-order chi connectivity index (χ0) is 17.5. The maximum atomic E-state index is 12.5. The van der Waals surface area contributed by atoms with Crippen LogP contribution in [0, 0.1) is 5.92 Å². The second kappa shape index (κ2) is 8.67. The highest BCUT2D eigenvalue weighted by Gasteiger charge is 2.29. The molecule has 0 bridgehead atoms. The quantitative estimate of drug-likeness (QED) is 0.636. The topological polar surface area (TPSA) is 58.6 Å². The van der Waals surface area contributed by atoms with Crippen molar-refractivity contribution in [2.24, 2.45) is 5.92 Å². The number of hydrogen-bond acceptors (Lipinski definition) is 4. The molecular weight excluding hydrogens is 336 g/mol. The molecule has 2 amide bonds. The fourth-order valence-corrected chi connectivity index (χ4v) is 3.69. The lowest BCUT2D eigenvalue weighted by atomic mass is 9.93. The van der Waals surface area contributed by atoms with E-state index in [2.05, 4.69) is 5.32 Å². The highest BCUT2D eigenvalue weighted by atomic mass is 32.1. The minimum Gasteiger partial charge on any atom is -0.492 e. The molecule has 2 heterocycles. The number of ether oxygens (including phenoxy) is 1. The normalized spacial score (nSPS) is 17.1. The summed E-state index contributed by atoms with van der Waals surface area (Å²) in [6.07, 6.45) is 1.70. The molecular formula is C19H22N2O3S. The molecule has 132 valence electrons. The van der Waals surface area contributed by atoms with Gasteiger partial charge in [-0.1, -0.05) is 24.3 Å². The zero-order valence-electron chi connectivity index (χ0n) is 14.0. The largest absolute Gasteiger partial charge is 0.492 e. The number of ketones is 1. The van der Waals surface area contributed by atoms with Crippen LogP contribution in [-0.4, -0.2) is 43.0 Å². The number of amides is 2. The van der Waals surface area contributed by atoms with Crippen molar-refractivity contribution < 1.29 is 14.3 Å². The summed E-state index contributed by atoms with van der Waals surface area (Å²) in [7, 11) is 0. The molecule has 1 fully saturated rings. The predicted molar refractivity (Wildman–Crippen MR) is 98.3 cm³/mol. The number of thiophene rings is 1. The average molecular weight is 358 g/mol. The van der Waals surface area contributed by atoms with E-state index in [4.69, 9.17) is 4.74 Å². The number of carbonyl (C=O) groups is 2. The molecule has 0 unspecified atom stereocenters. The Balaban J connectivity index is 1.43. The Hall–Kier alpha value is -2.34. The molecule has 0 spiro atoms. The van der Waals surface area contributed by atoms with Crippen molar-refractivity contribution in [1.82, 2.24) is 10.2 Å². The Morgan fingerprint density at radius 2 is 2.04 bits per heavy atom. The van der Waals surface area contributed by atoms with Crippen LogP contribution >= 0.6 is 11.3 Å². The van der Waals surface area contributed by atoms with E-state index in [0.717, 1.165) is 23.5 Å². The van der Waals surface area contributed by atoms with Gasteiger partial charge in [-0.15, -0.1) is 11.3 Å². The van der Waals surface area contributed by atoms with Crippen molar-refractivity contribution in [2.45, 2.75) is 12.8 Å². The number of Topliss-reactive ketones (excluding diaryl/α,β-unsaturated/α-hetero) is 1. The predicted octanol–water partition coefficient (Wildman–Crippen LogP) is 3.43. The average Bonchev–Trinajstić information content (AvgIpc) is 3.20. The van der Waals surface area contributed by atoms with E-state index in [1.54, 1.807) is 4.90 Å². The van der Waals surface area contributed by atoms with Gasteiger partial charge < -0.3 is 15.0 Å². The zero-order valence-corrected chi connectivity index (χ0v) is 14.8. The third-order valence-corrected chi connectivity index (χ3v) is 5.12. The van der Waals surface area contributed by atoms with Gasteiger partial charge in [0.1, 0.15) is 12.4 Å². The summed E-state index contributed by atoms with van der Waals surface area (Å²) in [6.45, 7) is 2.04. The van der Waals surface area contributed by atoms with Crippen molar-refractivity contribution in [3.63, 3.8) is 0 Å². The SMILES string of the molecule is O=C(c1cccs1)[C@H]1CCCN(C(=O)NCCOc2ccccc2)C1. The molecule has 6 heteroatoms. The smallest absolute Gasteiger partial charge is 0.317 e. The van der Waals surface area contributed by atoms with Gasteiger partial charge in [-0.2, -0.15) is 0 Å². The monoisotopic (exact) mass is 358 g/mol. The summed E-state index contributed by atoms with van der Waals surface area (Å²) in [6, 6.07) is 13.1. The maximum absolute atomic E-state index is 12.5. The van der Waals surface area contributed by atoms with Crippen molar-refractivity contribution in [1.29, 1.82) is 0 Å². The Labute approximate surface area is 151 Å². The summed E-state index contributed by atoms with van der Waals surface area (Å²) >= 11 is 1.46.